The van der Waals surface area contributed by atoms with Gasteiger partial charge in [0, 0.05) is 118 Å². The summed E-state index contributed by atoms with van der Waals surface area (Å²) in [5, 5.41) is 11.2. The van der Waals surface area contributed by atoms with Gasteiger partial charge >= 0.3 is 0 Å². The monoisotopic (exact) mass is 442 g/mol. The third kappa shape index (κ3) is 3.65. The van der Waals surface area contributed by atoms with Crippen molar-refractivity contribution in [1.82, 2.24) is 0 Å². The maximum Gasteiger partial charge on any atom is 0.0751 e. The molecule has 0 aromatic carbocycles. The minimum absolute atomic E-state index is 0.293. The van der Waals surface area contributed by atoms with E-state index >= 15 is 0 Å². The molecule has 36 radical (unpaired) electrons. The summed E-state index contributed by atoms with van der Waals surface area (Å²) in [5.41, 5.74) is 0. The normalized spacial score (nSPS) is 18.6. The lowest BCUT2D eigenvalue weighted by Gasteiger charge is -2.65. The van der Waals surface area contributed by atoms with Crippen LogP contribution in [-0.2, 0) is 0 Å². The Morgan fingerprint density at radius 3 is 1.00 bits per heavy atom. The largest absolute Gasteiger partial charge is 0.398 e. The molecule has 0 heterocycles. The maximum atomic E-state index is 11.2. The van der Waals surface area contributed by atoms with E-state index in [1.165, 1.54) is 0 Å². The molecule has 0 aliphatic carbocycles. The van der Waals surface area contributed by atoms with E-state index in [0.717, 1.165) is 0 Å². The van der Waals surface area contributed by atoms with E-state index in [0.29, 0.717) is 0 Å². The molecule has 0 saturated heterocycles. The van der Waals surface area contributed by atoms with Gasteiger partial charge in [0.25, 0.3) is 0 Å². The topological polar surface area (TPSA) is 20.2 Å². The van der Waals surface area contributed by atoms with Gasteiger partial charge in [-0.15, -0.1) is 0 Å². The molecule has 14 heteroatoms. The summed E-state index contributed by atoms with van der Waals surface area (Å²) in [6, 6.07) is 0. The lowest BCUT2D eigenvalue weighted by molar-refractivity contribution is 0.198. The summed E-state index contributed by atoms with van der Waals surface area (Å²) >= 11 is 0. The average molecular weight is 443 g/mol. The highest BCUT2D eigenvalue weighted by Crippen LogP contribution is 2.55. The highest BCUT2D eigenvalue weighted by Gasteiger charge is 2.66. The SMILES string of the molecule is OC([Si])(C([Si])([Si])[Si])[Si](C([Si])[Si])(C([Si])([Si])[Si])C([Si])([Si])[Si]. The molecule has 1 atom stereocenters. The van der Waals surface area contributed by atoms with Crippen LogP contribution in [0.25, 0.3) is 0 Å². The van der Waals surface area contributed by atoms with E-state index in [4.69, 9.17) is 0 Å². The van der Waals surface area contributed by atoms with Gasteiger partial charge in [-0.3, -0.25) is 0 Å². The summed E-state index contributed by atoms with van der Waals surface area (Å²) in [6.45, 7) is 0. The molecule has 0 rings (SSSR count). The first-order valence-corrected chi connectivity index (χ1v) is 12.8. The van der Waals surface area contributed by atoms with Crippen molar-refractivity contribution in [2.24, 2.45) is 0 Å². The van der Waals surface area contributed by atoms with Gasteiger partial charge < -0.3 is 5.11 Å². The second-order valence-corrected chi connectivity index (χ2v) is 27.0. The fourth-order valence-corrected chi connectivity index (χ4v) is 33.4. The van der Waals surface area contributed by atoms with Crippen LogP contribution in [0.5, 0.6) is 0 Å². The van der Waals surface area contributed by atoms with Gasteiger partial charge in [-0.1, -0.05) is 12.6 Å². The Kier molecular flexibility index (Phi) is 7.28. The standard InChI is InChI=1S/C5H2OSi13/c6-2(9,3(10,11)12)19(1(7)8,4(13,14)15)5(16,17)18/h1,6H. The third-order valence-electron chi connectivity index (χ3n) is 2.73. The lowest BCUT2D eigenvalue weighted by atomic mass is 10.8. The Balaban J connectivity index is 6.54. The zero-order valence-corrected chi connectivity index (χ0v) is 22.5. The van der Waals surface area contributed by atoms with Crippen molar-refractivity contribution in [3.8, 4) is 0 Å². The molecule has 19 heavy (non-hydrogen) atoms. The molecule has 1 unspecified atom stereocenters. The van der Waals surface area contributed by atoms with Gasteiger partial charge in [0.2, 0.25) is 0 Å². The van der Waals surface area contributed by atoms with Crippen molar-refractivity contribution >= 4 is 131 Å². The van der Waals surface area contributed by atoms with Crippen LogP contribution in [0.4, 0.5) is 0 Å². The summed E-state index contributed by atoms with van der Waals surface area (Å²) in [7, 11) is 39.6. The Bertz CT molecular complexity index is 303. The van der Waals surface area contributed by atoms with Gasteiger partial charge in [0.05, 0.1) is 18.3 Å². The van der Waals surface area contributed by atoms with Crippen molar-refractivity contribution < 1.29 is 5.11 Å². The molecule has 1 N–H and O–H groups in total. The fraction of sp³-hybridized carbons (Fsp3) is 1.00. The van der Waals surface area contributed by atoms with Crippen molar-refractivity contribution in [2.75, 3.05) is 0 Å². The molecule has 0 saturated carbocycles. The molecule has 0 aliphatic heterocycles. The summed E-state index contributed by atoms with van der Waals surface area (Å²) in [4.78, 5) is -1.76. The van der Waals surface area contributed by atoms with E-state index in [1.54, 1.807) is 0 Å². The first-order valence-electron chi connectivity index (χ1n) is 4.59. The molecule has 0 spiro atoms. The first-order chi connectivity index (χ1) is 7.94. The van der Waals surface area contributed by atoms with E-state index in [2.05, 4.69) is 123 Å². The highest BCUT2D eigenvalue weighted by atomic mass is 28.5. The molecule has 0 bridgehead atoms. The third-order valence-corrected chi connectivity index (χ3v) is 21.3. The maximum absolute atomic E-state index is 11.2. The van der Waals surface area contributed by atoms with Crippen LogP contribution < -0.4 is 0 Å². The molecule has 0 fully saturated rings. The van der Waals surface area contributed by atoms with Crippen molar-refractivity contribution in [2.45, 2.75) is 21.7 Å². The number of hydrogen-bond donors (Lipinski definition) is 1. The van der Waals surface area contributed by atoms with Crippen LogP contribution in [-0.4, -0.2) is 141 Å². The quantitative estimate of drug-likeness (QED) is 0.424. The van der Waals surface area contributed by atoms with Gasteiger partial charge in [-0.25, -0.2) is 0 Å². The molecular weight excluding hydrogens is 441 g/mol. The van der Waals surface area contributed by atoms with Crippen molar-refractivity contribution in [1.29, 1.82) is 0 Å². The predicted molar refractivity (Wildman–Crippen MR) is 91.6 cm³/mol. The Morgan fingerprint density at radius 2 is 0.947 bits per heavy atom. The molecule has 0 aliphatic rings. The van der Waals surface area contributed by atoms with E-state index in [9.17, 15) is 5.11 Å². The summed E-state index contributed by atoms with van der Waals surface area (Å²) in [5.74, 6) is 0. The molecule has 0 aromatic rings. The number of rotatable bonds is 5. The van der Waals surface area contributed by atoms with E-state index in [1.807, 2.05) is 0 Å². The van der Waals surface area contributed by atoms with Crippen molar-refractivity contribution in [3.63, 3.8) is 0 Å². The van der Waals surface area contributed by atoms with Crippen LogP contribution in [0.1, 0.15) is 0 Å². The van der Waals surface area contributed by atoms with Gasteiger partial charge in [-0.2, -0.15) is 0 Å². The molecule has 0 aromatic heterocycles. The van der Waals surface area contributed by atoms with Gasteiger partial charge in [0.15, 0.2) is 0 Å². The van der Waals surface area contributed by atoms with Crippen LogP contribution in [0.15, 0.2) is 0 Å². The second kappa shape index (κ2) is 6.35. The van der Waals surface area contributed by atoms with Crippen LogP contribution in [0.3, 0.4) is 0 Å². The van der Waals surface area contributed by atoms with Gasteiger partial charge in [-0.05, 0) is 4.28 Å². The summed E-state index contributed by atoms with van der Waals surface area (Å²) in [6.07, 6.45) is 0. The van der Waals surface area contributed by atoms with Crippen LogP contribution >= 0.6 is 0 Å². The predicted octanol–water partition coefficient (Wildman–Crippen LogP) is -4.73. The molecular formula is C5H2OSi13. The zero-order valence-electron chi connectivity index (χ0n) is 9.52. The second-order valence-electron chi connectivity index (χ2n) is 4.20. The molecule has 80 valence electrons. The molecule has 1 nitrogen and oxygen atoms in total. The zero-order chi connectivity index (χ0) is 16.1. The Hall–Kier alpha value is 2.78. The van der Waals surface area contributed by atoms with Crippen LogP contribution in [0, 0.1) is 0 Å². The molecule has 0 amide bonds. The average Bonchev–Trinajstić information content (AvgIpc) is 1.92. The fourth-order valence-electron chi connectivity index (χ4n) is 1.76. The number of hydrogen-bond acceptors (Lipinski definition) is 1. The lowest BCUT2D eigenvalue weighted by Crippen LogP contribution is -2.79. The minimum Gasteiger partial charge on any atom is -0.398 e. The number of aliphatic hydroxyl groups is 1. The smallest absolute Gasteiger partial charge is 0.0751 e. The summed E-state index contributed by atoms with van der Waals surface area (Å²) < 4.78 is -2.66. The van der Waals surface area contributed by atoms with E-state index < -0.39 is 25.0 Å². The van der Waals surface area contributed by atoms with Crippen molar-refractivity contribution in [3.05, 3.63) is 0 Å². The first kappa shape index (κ1) is 21.8. The Labute approximate surface area is 156 Å². The van der Waals surface area contributed by atoms with Crippen LogP contribution in [0.2, 0.25) is 16.9 Å². The van der Waals surface area contributed by atoms with Gasteiger partial charge in [0.1, 0.15) is 0 Å². The minimum atomic E-state index is -3.01. The highest BCUT2D eigenvalue weighted by molar-refractivity contribution is 7.21. The Morgan fingerprint density at radius 1 is 0.684 bits per heavy atom. The van der Waals surface area contributed by atoms with E-state index in [-0.39, 0.29) is 4.79 Å².